The van der Waals surface area contributed by atoms with E-state index in [1.54, 1.807) is 11.3 Å². The monoisotopic (exact) mass is 337 g/mol. The van der Waals surface area contributed by atoms with Crippen molar-refractivity contribution in [3.63, 3.8) is 0 Å². The first-order valence-electron chi connectivity index (χ1n) is 8.02. The van der Waals surface area contributed by atoms with Crippen LogP contribution in [-0.4, -0.2) is 34.7 Å². The highest BCUT2D eigenvalue weighted by atomic mass is 32.1. The van der Waals surface area contributed by atoms with E-state index in [1.807, 2.05) is 38.3 Å². The van der Waals surface area contributed by atoms with Gasteiger partial charge in [-0.1, -0.05) is 13.0 Å². The average molecular weight is 337 g/mol. The van der Waals surface area contributed by atoms with Crippen LogP contribution in [0.5, 0.6) is 0 Å². The van der Waals surface area contributed by atoms with Crippen LogP contribution < -0.4 is 10.2 Å². The minimum Gasteiger partial charge on any atom is -0.414 e. The van der Waals surface area contributed by atoms with Gasteiger partial charge in [-0.15, -0.1) is 21.5 Å². The molecule has 0 aliphatic carbocycles. The SMILES string of the molecule is CCC[NH+](Cc1nnc(-c2cccs2)o1)[C@@H](C)C(=O)NC(C)C. The van der Waals surface area contributed by atoms with Gasteiger partial charge < -0.3 is 14.6 Å². The normalized spacial score (nSPS) is 14.0. The second-order valence-corrected chi connectivity index (χ2v) is 6.90. The van der Waals surface area contributed by atoms with E-state index >= 15 is 0 Å². The number of thiophene rings is 1. The number of rotatable bonds is 8. The van der Waals surface area contributed by atoms with Crippen LogP contribution in [0, 0.1) is 0 Å². The number of aromatic nitrogens is 2. The smallest absolute Gasteiger partial charge is 0.278 e. The molecule has 2 rings (SSSR count). The lowest BCUT2D eigenvalue weighted by Crippen LogP contribution is -3.15. The van der Waals surface area contributed by atoms with Crippen LogP contribution in [0.25, 0.3) is 10.8 Å². The molecule has 0 radical (unpaired) electrons. The van der Waals surface area contributed by atoms with E-state index in [4.69, 9.17) is 4.42 Å². The van der Waals surface area contributed by atoms with Crippen LogP contribution in [0.1, 0.15) is 40.0 Å². The Morgan fingerprint density at radius 1 is 1.39 bits per heavy atom. The summed E-state index contributed by atoms with van der Waals surface area (Å²) in [5.41, 5.74) is 0. The Labute approximate surface area is 140 Å². The molecular formula is C16H25N4O2S+. The summed E-state index contributed by atoms with van der Waals surface area (Å²) < 4.78 is 5.75. The van der Waals surface area contributed by atoms with E-state index in [2.05, 4.69) is 22.4 Å². The molecule has 7 heteroatoms. The molecule has 0 fully saturated rings. The molecule has 0 aliphatic rings. The summed E-state index contributed by atoms with van der Waals surface area (Å²) in [6, 6.07) is 3.89. The maximum Gasteiger partial charge on any atom is 0.278 e. The molecule has 2 aromatic rings. The second-order valence-electron chi connectivity index (χ2n) is 5.95. The van der Waals surface area contributed by atoms with Gasteiger partial charge in [0.25, 0.3) is 17.7 Å². The van der Waals surface area contributed by atoms with Crippen LogP contribution in [0.4, 0.5) is 0 Å². The largest absolute Gasteiger partial charge is 0.414 e. The van der Waals surface area contributed by atoms with Crippen molar-refractivity contribution in [2.45, 2.75) is 52.7 Å². The predicted octanol–water partition coefficient (Wildman–Crippen LogP) is 1.51. The number of quaternary nitrogens is 1. The molecule has 0 saturated heterocycles. The van der Waals surface area contributed by atoms with Gasteiger partial charge in [0.05, 0.1) is 11.4 Å². The van der Waals surface area contributed by atoms with E-state index in [1.165, 1.54) is 0 Å². The number of hydrogen-bond acceptors (Lipinski definition) is 5. The average Bonchev–Trinajstić information content (AvgIpc) is 3.16. The molecule has 0 aromatic carbocycles. The Morgan fingerprint density at radius 2 is 2.17 bits per heavy atom. The predicted molar refractivity (Wildman–Crippen MR) is 90.2 cm³/mol. The van der Waals surface area contributed by atoms with Crippen LogP contribution >= 0.6 is 11.3 Å². The summed E-state index contributed by atoms with van der Waals surface area (Å²) in [4.78, 5) is 14.4. The van der Waals surface area contributed by atoms with Crippen molar-refractivity contribution in [3.8, 4) is 10.8 Å². The molecule has 23 heavy (non-hydrogen) atoms. The second kappa shape index (κ2) is 8.21. The van der Waals surface area contributed by atoms with E-state index < -0.39 is 0 Å². The third kappa shape index (κ3) is 4.87. The van der Waals surface area contributed by atoms with Gasteiger partial charge in [-0.2, -0.15) is 0 Å². The lowest BCUT2D eigenvalue weighted by molar-refractivity contribution is -0.929. The molecule has 1 unspecified atom stereocenters. The van der Waals surface area contributed by atoms with Gasteiger partial charge in [0.15, 0.2) is 12.6 Å². The number of hydrogen-bond donors (Lipinski definition) is 2. The summed E-state index contributed by atoms with van der Waals surface area (Å²) >= 11 is 1.57. The summed E-state index contributed by atoms with van der Waals surface area (Å²) in [6.45, 7) is 9.42. The highest BCUT2D eigenvalue weighted by Crippen LogP contribution is 2.22. The van der Waals surface area contributed by atoms with Gasteiger partial charge in [-0.25, -0.2) is 0 Å². The zero-order valence-electron chi connectivity index (χ0n) is 14.1. The van der Waals surface area contributed by atoms with Crippen LogP contribution in [0.15, 0.2) is 21.9 Å². The van der Waals surface area contributed by atoms with E-state index in [0.717, 1.165) is 22.7 Å². The maximum absolute atomic E-state index is 12.3. The fourth-order valence-electron chi connectivity index (χ4n) is 2.39. The number of nitrogens with one attached hydrogen (secondary N) is 2. The van der Waals surface area contributed by atoms with E-state index in [9.17, 15) is 4.79 Å². The highest BCUT2D eigenvalue weighted by Gasteiger charge is 2.27. The minimum absolute atomic E-state index is 0.0569. The van der Waals surface area contributed by atoms with E-state index in [-0.39, 0.29) is 18.0 Å². The van der Waals surface area contributed by atoms with Gasteiger partial charge in [0, 0.05) is 6.04 Å². The molecule has 2 heterocycles. The summed E-state index contributed by atoms with van der Waals surface area (Å²) in [5.74, 6) is 1.17. The Balaban J connectivity index is 2.05. The molecule has 126 valence electrons. The zero-order chi connectivity index (χ0) is 16.8. The molecule has 0 spiro atoms. The first-order valence-corrected chi connectivity index (χ1v) is 8.90. The lowest BCUT2D eigenvalue weighted by atomic mass is 10.2. The maximum atomic E-state index is 12.3. The van der Waals surface area contributed by atoms with Gasteiger partial charge >= 0.3 is 0 Å². The van der Waals surface area contributed by atoms with Crippen molar-refractivity contribution in [3.05, 3.63) is 23.4 Å². The molecule has 0 bridgehead atoms. The molecule has 0 aliphatic heterocycles. The van der Waals surface area contributed by atoms with Crippen LogP contribution in [0.3, 0.4) is 0 Å². The van der Waals surface area contributed by atoms with Gasteiger partial charge in [-0.3, -0.25) is 4.79 Å². The third-order valence-corrected chi connectivity index (χ3v) is 4.44. The van der Waals surface area contributed by atoms with Crippen LogP contribution in [-0.2, 0) is 11.3 Å². The number of amides is 1. The van der Waals surface area contributed by atoms with Crippen molar-refractivity contribution < 1.29 is 14.1 Å². The molecule has 2 atom stereocenters. The van der Waals surface area contributed by atoms with Gasteiger partial charge in [0.1, 0.15) is 0 Å². The zero-order valence-corrected chi connectivity index (χ0v) is 14.9. The molecule has 0 saturated carbocycles. The summed E-state index contributed by atoms with van der Waals surface area (Å²) in [6.07, 6.45) is 0.987. The van der Waals surface area contributed by atoms with Crippen molar-refractivity contribution in [2.24, 2.45) is 0 Å². The minimum atomic E-state index is -0.158. The molecule has 2 N–H and O–H groups in total. The Bertz CT molecular complexity index is 609. The third-order valence-electron chi connectivity index (χ3n) is 3.58. The molecule has 1 amide bonds. The topological polar surface area (TPSA) is 72.5 Å². The first-order chi connectivity index (χ1) is 11.0. The highest BCUT2D eigenvalue weighted by molar-refractivity contribution is 7.13. The Morgan fingerprint density at radius 3 is 2.78 bits per heavy atom. The fraction of sp³-hybridized carbons (Fsp3) is 0.562. The summed E-state index contributed by atoms with van der Waals surface area (Å²) in [5, 5.41) is 13.2. The van der Waals surface area contributed by atoms with Gasteiger partial charge in [0.2, 0.25) is 0 Å². The Hall–Kier alpha value is -1.73. The Kier molecular flexibility index (Phi) is 6.29. The lowest BCUT2D eigenvalue weighted by Gasteiger charge is -2.24. The van der Waals surface area contributed by atoms with Crippen molar-refractivity contribution in [2.75, 3.05) is 6.54 Å². The number of carbonyl (C=O) groups is 1. The molecule has 6 nitrogen and oxygen atoms in total. The quantitative estimate of drug-likeness (QED) is 0.766. The van der Waals surface area contributed by atoms with Crippen LogP contribution in [0.2, 0.25) is 0 Å². The molecular weight excluding hydrogens is 312 g/mol. The first kappa shape index (κ1) is 17.6. The van der Waals surface area contributed by atoms with Crippen molar-refractivity contribution in [1.29, 1.82) is 0 Å². The number of nitrogens with zero attached hydrogens (tertiary/aromatic N) is 2. The fourth-order valence-corrected chi connectivity index (χ4v) is 3.04. The van der Waals surface area contributed by atoms with Gasteiger partial charge in [-0.05, 0) is 38.6 Å². The molecule has 2 aromatic heterocycles. The summed E-state index contributed by atoms with van der Waals surface area (Å²) in [7, 11) is 0. The van der Waals surface area contributed by atoms with E-state index in [0.29, 0.717) is 18.3 Å². The van der Waals surface area contributed by atoms with Crippen molar-refractivity contribution >= 4 is 17.2 Å². The number of carbonyl (C=O) groups excluding carboxylic acids is 1. The standard InChI is InChI=1S/C16H24N4O2S/c1-5-8-20(12(4)15(21)17-11(2)3)10-14-18-19-16(22-14)13-7-6-9-23-13/h6-7,9,11-12H,5,8,10H2,1-4H3,(H,17,21)/p+1/t12-/m0/s1. The van der Waals surface area contributed by atoms with Crippen molar-refractivity contribution in [1.82, 2.24) is 15.5 Å².